The zero-order valence-electron chi connectivity index (χ0n) is 17.7. The van der Waals surface area contributed by atoms with Crippen LogP contribution in [0.3, 0.4) is 0 Å². The van der Waals surface area contributed by atoms with Crippen LogP contribution in [0.4, 0.5) is 0 Å². The van der Waals surface area contributed by atoms with Crippen LogP contribution in [-0.4, -0.2) is 53.7 Å². The normalized spacial score (nSPS) is 17.8. The van der Waals surface area contributed by atoms with Gasteiger partial charge in [0, 0.05) is 18.7 Å². The lowest BCUT2D eigenvalue weighted by Crippen LogP contribution is -2.31. The first-order chi connectivity index (χ1) is 15.0. The first-order valence-corrected chi connectivity index (χ1v) is 10.3. The molecule has 7 nitrogen and oxygen atoms in total. The van der Waals surface area contributed by atoms with Crippen LogP contribution in [0, 0.1) is 0 Å². The van der Waals surface area contributed by atoms with Gasteiger partial charge < -0.3 is 24.6 Å². The zero-order valence-corrected chi connectivity index (χ0v) is 17.7. The number of ether oxygens (including phenoxy) is 2. The maximum atomic E-state index is 12.9. The molecule has 1 heterocycles. The molecule has 1 aliphatic rings. The van der Waals surface area contributed by atoms with Gasteiger partial charge in [-0.15, -0.1) is 0 Å². The summed E-state index contributed by atoms with van der Waals surface area (Å²) in [4.78, 5) is 27.0. The molecule has 0 bridgehead atoms. The first kappa shape index (κ1) is 22.4. The van der Waals surface area contributed by atoms with Crippen molar-refractivity contribution < 1.29 is 29.3 Å². The molecule has 1 amide bonds. The number of nitrogens with zero attached hydrogens (tertiary/aromatic N) is 1. The van der Waals surface area contributed by atoms with Gasteiger partial charge in [0.1, 0.15) is 17.3 Å². The van der Waals surface area contributed by atoms with Crippen molar-refractivity contribution in [2.24, 2.45) is 0 Å². The van der Waals surface area contributed by atoms with Gasteiger partial charge >= 0.3 is 0 Å². The van der Waals surface area contributed by atoms with Crippen LogP contribution in [0.2, 0.25) is 0 Å². The minimum Gasteiger partial charge on any atom is -0.507 e. The summed E-state index contributed by atoms with van der Waals surface area (Å²) in [5.41, 5.74) is 1.11. The minimum absolute atomic E-state index is 0.0235. The SMILES string of the molecule is CCCOc1ccc(C(O)=C2C(=O)C(=O)N(CCCO)C2c2ccc(OC)cc2)cc1. The lowest BCUT2D eigenvalue weighted by molar-refractivity contribution is -0.140. The minimum atomic E-state index is -0.756. The van der Waals surface area contributed by atoms with E-state index in [1.54, 1.807) is 55.6 Å². The van der Waals surface area contributed by atoms with Crippen molar-refractivity contribution in [2.45, 2.75) is 25.8 Å². The molecular weight excluding hydrogens is 398 g/mol. The lowest BCUT2D eigenvalue weighted by atomic mass is 9.95. The lowest BCUT2D eigenvalue weighted by Gasteiger charge is -2.25. The Kier molecular flexibility index (Phi) is 7.31. The molecule has 3 rings (SSSR count). The van der Waals surface area contributed by atoms with E-state index in [4.69, 9.17) is 9.47 Å². The number of benzene rings is 2. The number of aliphatic hydroxyl groups excluding tert-OH is 2. The van der Waals surface area contributed by atoms with Gasteiger partial charge in [-0.05, 0) is 54.8 Å². The van der Waals surface area contributed by atoms with Crippen molar-refractivity contribution in [3.05, 3.63) is 65.2 Å². The second-order valence-corrected chi connectivity index (χ2v) is 7.22. The summed E-state index contributed by atoms with van der Waals surface area (Å²) in [5, 5.41) is 20.2. The van der Waals surface area contributed by atoms with E-state index < -0.39 is 17.7 Å². The second kappa shape index (κ2) is 10.1. The van der Waals surface area contributed by atoms with Gasteiger partial charge in [0.05, 0.1) is 25.3 Å². The number of carbonyl (C=O) groups excluding carboxylic acids is 2. The molecule has 0 aromatic heterocycles. The van der Waals surface area contributed by atoms with Gasteiger partial charge in [-0.1, -0.05) is 19.1 Å². The average Bonchev–Trinajstić information content (AvgIpc) is 3.06. The second-order valence-electron chi connectivity index (χ2n) is 7.22. The van der Waals surface area contributed by atoms with Crippen LogP contribution in [0.5, 0.6) is 11.5 Å². The average molecular weight is 425 g/mol. The number of aliphatic hydroxyl groups is 2. The predicted molar refractivity (Wildman–Crippen MR) is 116 cm³/mol. The number of carbonyl (C=O) groups is 2. The van der Waals surface area contributed by atoms with Crippen molar-refractivity contribution in [1.29, 1.82) is 0 Å². The summed E-state index contributed by atoms with van der Waals surface area (Å²) >= 11 is 0. The van der Waals surface area contributed by atoms with Crippen LogP contribution in [-0.2, 0) is 9.59 Å². The third-order valence-corrected chi connectivity index (χ3v) is 5.13. The molecule has 0 spiro atoms. The van der Waals surface area contributed by atoms with Crippen LogP contribution in [0.15, 0.2) is 54.1 Å². The summed E-state index contributed by atoms with van der Waals surface area (Å²) in [6.45, 7) is 2.67. The fourth-order valence-electron chi connectivity index (χ4n) is 3.57. The van der Waals surface area contributed by atoms with Gasteiger partial charge in [0.15, 0.2) is 0 Å². The Morgan fingerprint density at radius 2 is 1.68 bits per heavy atom. The van der Waals surface area contributed by atoms with Gasteiger partial charge in [-0.3, -0.25) is 9.59 Å². The van der Waals surface area contributed by atoms with Crippen LogP contribution in [0.25, 0.3) is 5.76 Å². The number of amides is 1. The molecule has 2 N–H and O–H groups in total. The van der Waals surface area contributed by atoms with Gasteiger partial charge in [-0.2, -0.15) is 0 Å². The number of likely N-dealkylation sites (tertiary alicyclic amines) is 1. The molecule has 0 aliphatic carbocycles. The number of ketones is 1. The number of hydrogen-bond donors (Lipinski definition) is 2. The quantitative estimate of drug-likeness (QED) is 0.364. The Morgan fingerprint density at radius 1 is 1.03 bits per heavy atom. The Balaban J connectivity index is 2.04. The molecule has 31 heavy (non-hydrogen) atoms. The van der Waals surface area contributed by atoms with Crippen LogP contribution in [0.1, 0.15) is 36.9 Å². The van der Waals surface area contributed by atoms with Crippen molar-refractivity contribution in [3.8, 4) is 11.5 Å². The van der Waals surface area contributed by atoms with Crippen molar-refractivity contribution in [3.63, 3.8) is 0 Å². The predicted octanol–water partition coefficient (Wildman–Crippen LogP) is 3.29. The van der Waals surface area contributed by atoms with E-state index in [9.17, 15) is 19.8 Å². The molecule has 1 unspecified atom stereocenters. The van der Waals surface area contributed by atoms with Crippen molar-refractivity contribution in [1.82, 2.24) is 4.90 Å². The molecule has 164 valence electrons. The number of methoxy groups -OCH3 is 1. The molecule has 1 fully saturated rings. The molecule has 1 atom stereocenters. The summed E-state index contributed by atoms with van der Waals surface area (Å²) < 4.78 is 10.8. The first-order valence-electron chi connectivity index (χ1n) is 10.3. The monoisotopic (exact) mass is 425 g/mol. The topological polar surface area (TPSA) is 96.3 Å². The molecule has 1 aliphatic heterocycles. The number of Topliss-reactive ketones (excluding diaryl/α,β-unsaturated/α-hetero) is 1. The molecule has 1 saturated heterocycles. The highest BCUT2D eigenvalue weighted by molar-refractivity contribution is 6.46. The Labute approximate surface area is 181 Å². The highest BCUT2D eigenvalue weighted by atomic mass is 16.5. The van der Waals surface area contributed by atoms with E-state index in [0.29, 0.717) is 35.7 Å². The number of hydrogen-bond acceptors (Lipinski definition) is 6. The highest BCUT2D eigenvalue weighted by Crippen LogP contribution is 2.40. The molecule has 0 radical (unpaired) electrons. The highest BCUT2D eigenvalue weighted by Gasteiger charge is 2.45. The summed E-state index contributed by atoms with van der Waals surface area (Å²) in [7, 11) is 1.55. The van der Waals surface area contributed by atoms with E-state index in [0.717, 1.165) is 6.42 Å². The maximum absolute atomic E-state index is 12.9. The molecular formula is C24H27NO6. The van der Waals surface area contributed by atoms with Crippen LogP contribution >= 0.6 is 0 Å². The fraction of sp³-hybridized carbons (Fsp3) is 0.333. The molecule has 0 saturated carbocycles. The summed E-state index contributed by atoms with van der Waals surface area (Å²) in [6, 6.07) is 13.0. The van der Waals surface area contributed by atoms with E-state index in [1.807, 2.05) is 6.92 Å². The Bertz CT molecular complexity index is 949. The molecule has 2 aromatic carbocycles. The van der Waals surface area contributed by atoms with Gasteiger partial charge in [0.25, 0.3) is 11.7 Å². The largest absolute Gasteiger partial charge is 0.507 e. The van der Waals surface area contributed by atoms with Crippen molar-refractivity contribution in [2.75, 3.05) is 26.9 Å². The smallest absolute Gasteiger partial charge is 0.295 e. The Hall–Kier alpha value is -3.32. The van der Waals surface area contributed by atoms with E-state index >= 15 is 0 Å². The summed E-state index contributed by atoms with van der Waals surface area (Å²) in [5.74, 6) is -0.388. The van der Waals surface area contributed by atoms with E-state index in [2.05, 4.69) is 0 Å². The van der Waals surface area contributed by atoms with E-state index in [-0.39, 0.29) is 24.5 Å². The van der Waals surface area contributed by atoms with Crippen LogP contribution < -0.4 is 9.47 Å². The third-order valence-electron chi connectivity index (χ3n) is 5.13. The standard InChI is InChI=1S/C24H27NO6/c1-3-15-31-19-11-7-17(8-12-19)22(27)20-21(16-5-9-18(30-2)10-6-16)25(13-4-14-26)24(29)23(20)28/h5-12,21,26-27H,3-4,13-15H2,1-2H3. The summed E-state index contributed by atoms with van der Waals surface area (Å²) in [6.07, 6.45) is 1.20. The van der Waals surface area contributed by atoms with Gasteiger partial charge in [-0.25, -0.2) is 0 Å². The van der Waals surface area contributed by atoms with E-state index in [1.165, 1.54) is 4.90 Å². The third kappa shape index (κ3) is 4.72. The zero-order chi connectivity index (χ0) is 22.4. The molecule has 7 heteroatoms. The fourth-order valence-corrected chi connectivity index (χ4v) is 3.57. The van der Waals surface area contributed by atoms with Gasteiger partial charge in [0.2, 0.25) is 0 Å². The van der Waals surface area contributed by atoms with Crippen molar-refractivity contribution >= 4 is 17.4 Å². The Morgan fingerprint density at radius 3 is 2.26 bits per heavy atom. The molecule has 2 aromatic rings. The number of rotatable bonds is 9. The maximum Gasteiger partial charge on any atom is 0.295 e.